The Balaban J connectivity index is 1.91. The Labute approximate surface area is 176 Å². The van der Waals surface area contributed by atoms with Crippen LogP contribution in [0.15, 0.2) is 60.8 Å². The average molecular weight is 394 g/mol. The summed E-state index contributed by atoms with van der Waals surface area (Å²) in [4.78, 5) is 17.5. The van der Waals surface area contributed by atoms with Gasteiger partial charge in [-0.2, -0.15) is 5.26 Å². The zero-order valence-corrected chi connectivity index (χ0v) is 17.2. The molecule has 4 nitrogen and oxygen atoms in total. The summed E-state index contributed by atoms with van der Waals surface area (Å²) in [5.74, 6) is -0.307. The number of fused-ring (bicyclic) bond motifs is 2. The third-order valence-electron chi connectivity index (χ3n) is 5.13. The first-order valence-corrected chi connectivity index (χ1v) is 9.86. The summed E-state index contributed by atoms with van der Waals surface area (Å²) >= 11 is 0. The Hall–Kier alpha value is -3.71. The first-order chi connectivity index (χ1) is 14.4. The SMILES string of the molecule is CC(C)(C)C(=O)OC1c2cc(-c3ccccc3)cnc2C=Cc2c(C#N)cccc21. The van der Waals surface area contributed by atoms with Crippen molar-refractivity contribution in [3.8, 4) is 17.2 Å². The average Bonchev–Trinajstić information content (AvgIpc) is 2.90. The second kappa shape index (κ2) is 7.61. The third-order valence-corrected chi connectivity index (χ3v) is 5.13. The van der Waals surface area contributed by atoms with E-state index in [4.69, 9.17) is 4.74 Å². The van der Waals surface area contributed by atoms with Crippen molar-refractivity contribution in [1.82, 2.24) is 4.98 Å². The highest BCUT2D eigenvalue weighted by Gasteiger charge is 2.32. The van der Waals surface area contributed by atoms with Crippen LogP contribution in [0.1, 0.15) is 54.8 Å². The second-order valence-electron chi connectivity index (χ2n) is 8.35. The zero-order chi connectivity index (χ0) is 21.3. The van der Waals surface area contributed by atoms with Crippen LogP contribution in [0.25, 0.3) is 23.3 Å². The van der Waals surface area contributed by atoms with Gasteiger partial charge in [0.2, 0.25) is 0 Å². The molecule has 0 amide bonds. The van der Waals surface area contributed by atoms with Crippen molar-refractivity contribution in [2.45, 2.75) is 26.9 Å². The monoisotopic (exact) mass is 394 g/mol. The highest BCUT2D eigenvalue weighted by molar-refractivity contribution is 5.81. The van der Waals surface area contributed by atoms with Crippen LogP contribution in [0.3, 0.4) is 0 Å². The number of hydrogen-bond donors (Lipinski definition) is 0. The molecule has 0 bridgehead atoms. The standard InChI is InChI=1S/C26H22N2O2/c1-26(2,3)25(29)30-24-21-11-7-10-18(15-27)20(21)12-13-23-22(24)14-19(16-28-23)17-8-5-4-6-9-17/h4-14,16,24H,1-3H3. The van der Waals surface area contributed by atoms with E-state index < -0.39 is 11.5 Å². The number of rotatable bonds is 2. The number of carbonyl (C=O) groups is 1. The van der Waals surface area contributed by atoms with Crippen molar-refractivity contribution in [2.75, 3.05) is 0 Å². The van der Waals surface area contributed by atoms with Gasteiger partial charge in [0.05, 0.1) is 22.7 Å². The summed E-state index contributed by atoms with van der Waals surface area (Å²) in [7, 11) is 0. The van der Waals surface area contributed by atoms with Crippen molar-refractivity contribution < 1.29 is 9.53 Å². The molecule has 148 valence electrons. The van der Waals surface area contributed by atoms with Gasteiger partial charge in [-0.25, -0.2) is 0 Å². The maximum atomic E-state index is 12.8. The molecule has 0 radical (unpaired) electrons. The number of carbonyl (C=O) groups excluding carboxylic acids is 1. The molecular formula is C26H22N2O2. The van der Waals surface area contributed by atoms with Gasteiger partial charge >= 0.3 is 5.97 Å². The molecule has 1 aliphatic carbocycles. The molecule has 0 N–H and O–H groups in total. The fraction of sp³-hybridized carbons (Fsp3) is 0.192. The number of nitriles is 1. The van der Waals surface area contributed by atoms with E-state index >= 15 is 0 Å². The van der Waals surface area contributed by atoms with E-state index in [0.29, 0.717) is 5.56 Å². The molecular weight excluding hydrogens is 372 g/mol. The summed E-state index contributed by atoms with van der Waals surface area (Å²) in [5, 5.41) is 9.59. The molecule has 1 aliphatic rings. The predicted octanol–water partition coefficient (Wildman–Crippen LogP) is 5.78. The highest BCUT2D eigenvalue weighted by atomic mass is 16.5. The quantitative estimate of drug-likeness (QED) is 0.517. The molecule has 1 unspecified atom stereocenters. The summed E-state index contributed by atoms with van der Waals surface area (Å²) in [6.07, 6.45) is 4.94. The van der Waals surface area contributed by atoms with E-state index in [2.05, 4.69) is 11.1 Å². The lowest BCUT2D eigenvalue weighted by Gasteiger charge is -2.25. The first-order valence-electron chi connectivity index (χ1n) is 9.86. The Morgan fingerprint density at radius 2 is 1.77 bits per heavy atom. The van der Waals surface area contributed by atoms with E-state index in [9.17, 15) is 10.1 Å². The molecule has 0 fully saturated rings. The van der Waals surface area contributed by atoms with Gasteiger partial charge in [-0.1, -0.05) is 48.5 Å². The number of aromatic nitrogens is 1. The van der Waals surface area contributed by atoms with Gasteiger partial charge in [0, 0.05) is 22.9 Å². The van der Waals surface area contributed by atoms with Crippen molar-refractivity contribution >= 4 is 18.1 Å². The Morgan fingerprint density at radius 1 is 1.00 bits per heavy atom. The molecule has 4 rings (SSSR count). The van der Waals surface area contributed by atoms with Crippen LogP contribution >= 0.6 is 0 Å². The van der Waals surface area contributed by atoms with Crippen LogP contribution < -0.4 is 0 Å². The predicted molar refractivity (Wildman–Crippen MR) is 117 cm³/mol. The number of esters is 1. The molecule has 2 aromatic carbocycles. The minimum atomic E-state index is -0.655. The molecule has 1 aromatic heterocycles. The number of nitrogens with zero attached hydrogens (tertiary/aromatic N) is 2. The lowest BCUT2D eigenvalue weighted by atomic mass is 9.92. The van der Waals surface area contributed by atoms with Gasteiger partial charge in [-0.05, 0) is 50.1 Å². The minimum Gasteiger partial charge on any atom is -0.452 e. The van der Waals surface area contributed by atoms with Crippen molar-refractivity contribution in [2.24, 2.45) is 5.41 Å². The molecule has 30 heavy (non-hydrogen) atoms. The van der Waals surface area contributed by atoms with E-state index in [1.165, 1.54) is 0 Å². The van der Waals surface area contributed by atoms with Gasteiger partial charge in [0.15, 0.2) is 6.10 Å². The molecule has 4 heteroatoms. The van der Waals surface area contributed by atoms with E-state index in [-0.39, 0.29) is 5.97 Å². The maximum absolute atomic E-state index is 12.8. The molecule has 0 saturated heterocycles. The lowest BCUT2D eigenvalue weighted by molar-refractivity contribution is -0.157. The van der Waals surface area contributed by atoms with E-state index in [0.717, 1.165) is 33.5 Å². The van der Waals surface area contributed by atoms with Gasteiger partial charge in [0.1, 0.15) is 0 Å². The summed E-state index contributed by atoms with van der Waals surface area (Å²) in [6, 6.07) is 19.7. The van der Waals surface area contributed by atoms with Crippen LogP contribution in [-0.4, -0.2) is 11.0 Å². The summed E-state index contributed by atoms with van der Waals surface area (Å²) < 4.78 is 6.05. The normalized spacial score (nSPS) is 14.8. The van der Waals surface area contributed by atoms with Gasteiger partial charge < -0.3 is 4.74 Å². The van der Waals surface area contributed by atoms with E-state index in [1.807, 2.05) is 87.7 Å². The number of pyridine rings is 1. The maximum Gasteiger partial charge on any atom is 0.312 e. The summed E-state index contributed by atoms with van der Waals surface area (Å²) in [6.45, 7) is 5.49. The molecule has 1 heterocycles. The molecule has 1 atom stereocenters. The van der Waals surface area contributed by atoms with E-state index in [1.54, 1.807) is 6.07 Å². The van der Waals surface area contributed by atoms with Crippen LogP contribution in [-0.2, 0) is 9.53 Å². The van der Waals surface area contributed by atoms with Gasteiger partial charge in [-0.15, -0.1) is 0 Å². The van der Waals surface area contributed by atoms with Gasteiger partial charge in [-0.3, -0.25) is 9.78 Å². The molecule has 0 aliphatic heterocycles. The van der Waals surface area contributed by atoms with Crippen LogP contribution in [0.2, 0.25) is 0 Å². The fourth-order valence-corrected chi connectivity index (χ4v) is 3.47. The Morgan fingerprint density at radius 3 is 2.47 bits per heavy atom. The second-order valence-corrected chi connectivity index (χ2v) is 8.35. The summed E-state index contributed by atoms with van der Waals surface area (Å²) in [5.41, 5.74) is 4.93. The lowest BCUT2D eigenvalue weighted by Crippen LogP contribution is -2.26. The molecule has 3 aromatic rings. The van der Waals surface area contributed by atoms with Crippen molar-refractivity contribution in [3.63, 3.8) is 0 Å². The Kier molecular flexibility index (Phi) is 4.97. The van der Waals surface area contributed by atoms with Crippen molar-refractivity contribution in [3.05, 3.63) is 88.7 Å². The largest absolute Gasteiger partial charge is 0.452 e. The Bertz CT molecular complexity index is 1180. The third kappa shape index (κ3) is 3.62. The van der Waals surface area contributed by atoms with Crippen LogP contribution in [0.5, 0.6) is 0 Å². The van der Waals surface area contributed by atoms with Crippen molar-refractivity contribution in [1.29, 1.82) is 5.26 Å². The van der Waals surface area contributed by atoms with Gasteiger partial charge in [0.25, 0.3) is 0 Å². The highest BCUT2D eigenvalue weighted by Crippen LogP contribution is 2.38. The zero-order valence-electron chi connectivity index (χ0n) is 17.2. The van der Waals surface area contributed by atoms with Crippen LogP contribution in [0, 0.1) is 16.7 Å². The van der Waals surface area contributed by atoms with Crippen LogP contribution in [0.4, 0.5) is 0 Å². The number of ether oxygens (including phenoxy) is 1. The number of hydrogen-bond acceptors (Lipinski definition) is 4. The smallest absolute Gasteiger partial charge is 0.312 e. The first kappa shape index (κ1) is 19.6. The minimum absolute atomic E-state index is 0.307. The molecule has 0 saturated carbocycles. The fourth-order valence-electron chi connectivity index (χ4n) is 3.47. The topological polar surface area (TPSA) is 63.0 Å². The molecule has 0 spiro atoms. The number of benzene rings is 2.